The Balaban J connectivity index is 1.54. The van der Waals surface area contributed by atoms with Crippen LogP contribution in [0.25, 0.3) is 0 Å². The number of carbonyl (C=O) groups is 3. The van der Waals surface area contributed by atoms with Crippen LogP contribution in [0.5, 0.6) is 5.75 Å². The highest BCUT2D eigenvalue weighted by molar-refractivity contribution is 5.99. The molecule has 1 atom stereocenters. The third-order valence-corrected chi connectivity index (χ3v) is 5.27. The lowest BCUT2D eigenvalue weighted by atomic mass is 10.2. The van der Waals surface area contributed by atoms with Crippen molar-refractivity contribution < 1.29 is 23.5 Å². The lowest BCUT2D eigenvalue weighted by Gasteiger charge is -2.36. The third-order valence-electron chi connectivity index (χ3n) is 5.27. The van der Waals surface area contributed by atoms with Gasteiger partial charge in [-0.05, 0) is 49.4 Å². The molecule has 1 fully saturated rings. The van der Waals surface area contributed by atoms with E-state index >= 15 is 0 Å². The van der Waals surface area contributed by atoms with E-state index in [-0.39, 0.29) is 17.8 Å². The summed E-state index contributed by atoms with van der Waals surface area (Å²) >= 11 is 0. The molecule has 2 aromatic carbocycles. The van der Waals surface area contributed by atoms with Crippen molar-refractivity contribution in [3.63, 3.8) is 0 Å². The number of piperazine rings is 1. The summed E-state index contributed by atoms with van der Waals surface area (Å²) in [6.45, 7) is 5.14. The molecule has 0 spiro atoms. The molecule has 1 aliphatic rings. The number of anilines is 3. The number of hydrogen-bond donors (Lipinski definition) is 3. The van der Waals surface area contributed by atoms with Crippen LogP contribution in [0.1, 0.15) is 13.8 Å². The first kappa shape index (κ1) is 23.8. The summed E-state index contributed by atoms with van der Waals surface area (Å²) in [7, 11) is 1.47. The second-order valence-electron chi connectivity index (χ2n) is 7.71. The molecule has 0 saturated carbocycles. The van der Waals surface area contributed by atoms with Crippen molar-refractivity contribution in [1.82, 2.24) is 10.2 Å². The standard InChI is InChI=1S/C23H28FN5O4/c1-15(22(31)27-20-14-18(26-16(2)30)6-9-21(20)33-3)25-23(32)29-12-10-28(11-13-29)19-7-4-17(24)5-8-19/h4-9,14-15H,10-13H2,1-3H3,(H,25,32)(H,26,30)(H,27,31). The zero-order chi connectivity index (χ0) is 24.0. The van der Waals surface area contributed by atoms with E-state index in [9.17, 15) is 18.8 Å². The van der Waals surface area contributed by atoms with E-state index in [0.717, 1.165) is 5.69 Å². The molecule has 0 radical (unpaired) electrons. The number of halogens is 1. The van der Waals surface area contributed by atoms with E-state index in [0.29, 0.717) is 43.3 Å². The number of carbonyl (C=O) groups excluding carboxylic acids is 3. The van der Waals surface area contributed by atoms with Crippen LogP contribution in [0.4, 0.5) is 26.2 Å². The van der Waals surface area contributed by atoms with Gasteiger partial charge in [-0.25, -0.2) is 9.18 Å². The third kappa shape index (κ3) is 6.34. The van der Waals surface area contributed by atoms with Crippen LogP contribution >= 0.6 is 0 Å². The molecule has 1 aliphatic heterocycles. The van der Waals surface area contributed by atoms with E-state index in [1.165, 1.54) is 26.2 Å². The smallest absolute Gasteiger partial charge is 0.318 e. The minimum atomic E-state index is -0.804. The van der Waals surface area contributed by atoms with Gasteiger partial charge >= 0.3 is 6.03 Å². The molecule has 4 amide bonds. The number of ether oxygens (including phenoxy) is 1. The number of hydrogen-bond acceptors (Lipinski definition) is 5. The Bertz CT molecular complexity index is 1010. The van der Waals surface area contributed by atoms with E-state index in [4.69, 9.17) is 4.74 Å². The molecule has 0 bridgehead atoms. The fraction of sp³-hybridized carbons (Fsp3) is 0.348. The Labute approximate surface area is 191 Å². The van der Waals surface area contributed by atoms with Crippen molar-refractivity contribution >= 4 is 34.9 Å². The van der Waals surface area contributed by atoms with Crippen molar-refractivity contribution in [2.75, 3.05) is 48.8 Å². The Morgan fingerprint density at radius 1 is 1.00 bits per heavy atom. The van der Waals surface area contributed by atoms with Crippen LogP contribution in [-0.2, 0) is 9.59 Å². The quantitative estimate of drug-likeness (QED) is 0.619. The SMILES string of the molecule is COc1ccc(NC(C)=O)cc1NC(=O)C(C)NC(=O)N1CCN(c2ccc(F)cc2)CC1. The molecule has 9 nitrogen and oxygen atoms in total. The summed E-state index contributed by atoms with van der Waals surface area (Å²) in [5.74, 6) is -0.527. The van der Waals surface area contributed by atoms with Gasteiger partial charge < -0.3 is 30.5 Å². The Hall–Kier alpha value is -3.82. The van der Waals surface area contributed by atoms with E-state index < -0.39 is 11.9 Å². The second kappa shape index (κ2) is 10.7. The zero-order valence-corrected chi connectivity index (χ0v) is 18.9. The summed E-state index contributed by atoms with van der Waals surface area (Å²) in [4.78, 5) is 40.3. The van der Waals surface area contributed by atoms with Gasteiger partial charge in [0.15, 0.2) is 0 Å². The molecular formula is C23H28FN5O4. The van der Waals surface area contributed by atoms with E-state index in [2.05, 4.69) is 20.9 Å². The summed E-state index contributed by atoms with van der Waals surface area (Å²) in [5.41, 5.74) is 1.79. The van der Waals surface area contributed by atoms with Crippen molar-refractivity contribution in [2.24, 2.45) is 0 Å². The Morgan fingerprint density at radius 3 is 2.27 bits per heavy atom. The van der Waals surface area contributed by atoms with Crippen LogP contribution in [0.2, 0.25) is 0 Å². The maximum absolute atomic E-state index is 13.1. The molecule has 176 valence electrons. The molecule has 3 N–H and O–H groups in total. The Kier molecular flexibility index (Phi) is 7.70. The lowest BCUT2D eigenvalue weighted by molar-refractivity contribution is -0.117. The first-order valence-corrected chi connectivity index (χ1v) is 10.6. The first-order chi connectivity index (χ1) is 15.8. The molecule has 1 saturated heterocycles. The fourth-order valence-electron chi connectivity index (χ4n) is 3.49. The monoisotopic (exact) mass is 457 g/mol. The van der Waals surface area contributed by atoms with Gasteiger partial charge in [0.2, 0.25) is 11.8 Å². The van der Waals surface area contributed by atoms with Crippen LogP contribution < -0.4 is 25.6 Å². The minimum absolute atomic E-state index is 0.238. The normalized spacial score (nSPS) is 14.3. The summed E-state index contributed by atoms with van der Waals surface area (Å²) < 4.78 is 18.4. The molecule has 33 heavy (non-hydrogen) atoms. The number of nitrogens with one attached hydrogen (secondary N) is 3. The van der Waals surface area contributed by atoms with Crippen LogP contribution in [0.15, 0.2) is 42.5 Å². The first-order valence-electron chi connectivity index (χ1n) is 10.6. The van der Waals surface area contributed by atoms with Crippen LogP contribution in [-0.4, -0.2) is 62.1 Å². The summed E-state index contributed by atoms with van der Waals surface area (Å²) in [6.07, 6.45) is 0. The molecule has 1 unspecified atom stereocenters. The largest absolute Gasteiger partial charge is 0.495 e. The lowest BCUT2D eigenvalue weighted by Crippen LogP contribution is -2.54. The second-order valence-corrected chi connectivity index (χ2v) is 7.71. The maximum Gasteiger partial charge on any atom is 0.318 e. The predicted molar refractivity (Wildman–Crippen MR) is 124 cm³/mol. The average molecular weight is 458 g/mol. The minimum Gasteiger partial charge on any atom is -0.495 e. The zero-order valence-electron chi connectivity index (χ0n) is 18.9. The van der Waals surface area contributed by atoms with Gasteiger partial charge in [0.1, 0.15) is 17.6 Å². The molecule has 0 aliphatic carbocycles. The van der Waals surface area contributed by atoms with Gasteiger partial charge in [-0.2, -0.15) is 0 Å². The number of urea groups is 1. The van der Waals surface area contributed by atoms with Crippen molar-refractivity contribution in [3.05, 3.63) is 48.3 Å². The number of amides is 4. The topological polar surface area (TPSA) is 103 Å². The van der Waals surface area contributed by atoms with E-state index in [1.54, 1.807) is 42.2 Å². The number of rotatable bonds is 6. The van der Waals surface area contributed by atoms with Gasteiger partial charge in [0, 0.05) is 44.5 Å². The van der Waals surface area contributed by atoms with Crippen LogP contribution in [0, 0.1) is 5.82 Å². The van der Waals surface area contributed by atoms with Gasteiger partial charge in [-0.1, -0.05) is 0 Å². The highest BCUT2D eigenvalue weighted by Gasteiger charge is 2.24. The Morgan fingerprint density at radius 2 is 1.67 bits per heavy atom. The number of benzene rings is 2. The number of nitrogens with zero attached hydrogens (tertiary/aromatic N) is 2. The van der Waals surface area contributed by atoms with Gasteiger partial charge in [-0.3, -0.25) is 9.59 Å². The van der Waals surface area contributed by atoms with Gasteiger partial charge in [0.05, 0.1) is 12.8 Å². The molecule has 0 aromatic heterocycles. The van der Waals surface area contributed by atoms with Crippen molar-refractivity contribution in [2.45, 2.75) is 19.9 Å². The van der Waals surface area contributed by atoms with Gasteiger partial charge in [-0.15, -0.1) is 0 Å². The summed E-state index contributed by atoms with van der Waals surface area (Å²) in [6, 6.07) is 9.99. The summed E-state index contributed by atoms with van der Waals surface area (Å²) in [5, 5.41) is 8.09. The van der Waals surface area contributed by atoms with Crippen molar-refractivity contribution in [3.8, 4) is 5.75 Å². The maximum atomic E-state index is 13.1. The highest BCUT2D eigenvalue weighted by atomic mass is 19.1. The predicted octanol–water partition coefficient (Wildman–Crippen LogP) is 2.65. The fourth-order valence-corrected chi connectivity index (χ4v) is 3.49. The molecular weight excluding hydrogens is 429 g/mol. The molecule has 1 heterocycles. The van der Waals surface area contributed by atoms with E-state index in [1.807, 2.05) is 0 Å². The van der Waals surface area contributed by atoms with Crippen molar-refractivity contribution in [1.29, 1.82) is 0 Å². The molecule has 2 aromatic rings. The van der Waals surface area contributed by atoms with Gasteiger partial charge in [0.25, 0.3) is 0 Å². The number of methoxy groups -OCH3 is 1. The highest BCUT2D eigenvalue weighted by Crippen LogP contribution is 2.28. The average Bonchev–Trinajstić information content (AvgIpc) is 2.79. The molecule has 10 heteroatoms. The molecule has 3 rings (SSSR count). The van der Waals surface area contributed by atoms with Crippen LogP contribution in [0.3, 0.4) is 0 Å².